The van der Waals surface area contributed by atoms with Gasteiger partial charge in [0.25, 0.3) is 0 Å². The number of rotatable bonds is 3. The summed E-state index contributed by atoms with van der Waals surface area (Å²) in [5.41, 5.74) is 2.91. The Labute approximate surface area is 115 Å². The Bertz CT molecular complexity index is 477. The van der Waals surface area contributed by atoms with Gasteiger partial charge in [-0.05, 0) is 37.5 Å². The van der Waals surface area contributed by atoms with E-state index in [0.717, 1.165) is 37.4 Å². The summed E-state index contributed by atoms with van der Waals surface area (Å²) in [6, 6.07) is 0.787. The van der Waals surface area contributed by atoms with Gasteiger partial charge in [-0.15, -0.1) is 0 Å². The summed E-state index contributed by atoms with van der Waals surface area (Å²) >= 11 is 0. The zero-order chi connectivity index (χ0) is 12.8. The van der Waals surface area contributed by atoms with Gasteiger partial charge in [-0.3, -0.25) is 0 Å². The van der Waals surface area contributed by atoms with Crippen molar-refractivity contribution in [3.05, 3.63) is 17.2 Å². The smallest absolute Gasteiger partial charge is 0.109 e. The molecule has 1 aliphatic heterocycles. The van der Waals surface area contributed by atoms with Gasteiger partial charge in [-0.2, -0.15) is 0 Å². The van der Waals surface area contributed by atoms with E-state index in [0.29, 0.717) is 0 Å². The molecule has 0 radical (unpaired) electrons. The molecule has 0 amide bonds. The van der Waals surface area contributed by atoms with Crippen LogP contribution in [-0.2, 0) is 19.4 Å². The van der Waals surface area contributed by atoms with Crippen molar-refractivity contribution >= 4 is 0 Å². The highest BCUT2D eigenvalue weighted by molar-refractivity contribution is 5.22. The molecule has 2 fully saturated rings. The third kappa shape index (κ3) is 1.85. The van der Waals surface area contributed by atoms with Crippen molar-refractivity contribution in [3.8, 4) is 0 Å². The highest BCUT2D eigenvalue weighted by atomic mass is 15.2. The molecule has 2 bridgehead atoms. The molecule has 2 aliphatic carbocycles. The minimum atomic E-state index is 0.787. The third-order valence-corrected chi connectivity index (χ3v) is 5.50. The second-order valence-corrected chi connectivity index (χ2v) is 6.71. The van der Waals surface area contributed by atoms with E-state index in [9.17, 15) is 0 Å². The Hall–Kier alpha value is -0.830. The molecule has 2 heterocycles. The van der Waals surface area contributed by atoms with Gasteiger partial charge in [0, 0.05) is 37.7 Å². The maximum absolute atomic E-state index is 4.97. The SMILES string of the molecule is CCCc1nc2c(n1C1CC3CCC1C3)CCNC2. The standard InChI is InChI=1S/C16H25N3/c1-2-3-16-18-13-10-17-7-6-14(13)19(16)15-9-11-4-5-12(15)8-11/h11-12,15,17H,2-10H2,1H3. The first-order valence-electron chi connectivity index (χ1n) is 8.16. The number of imidazole rings is 1. The zero-order valence-electron chi connectivity index (χ0n) is 12.0. The molecule has 104 valence electrons. The summed E-state index contributed by atoms with van der Waals surface area (Å²) in [6.45, 7) is 4.39. The number of hydrogen-bond acceptors (Lipinski definition) is 2. The Kier molecular flexibility index (Phi) is 2.91. The summed E-state index contributed by atoms with van der Waals surface area (Å²) < 4.78 is 2.70. The maximum atomic E-state index is 4.97. The topological polar surface area (TPSA) is 29.9 Å². The van der Waals surface area contributed by atoms with E-state index in [2.05, 4.69) is 16.8 Å². The normalized spacial score (nSPS) is 32.8. The predicted octanol–water partition coefficient (Wildman–Crippen LogP) is 2.84. The Morgan fingerprint density at radius 3 is 3.00 bits per heavy atom. The molecule has 1 aromatic rings. The van der Waals surface area contributed by atoms with Crippen molar-refractivity contribution in [2.75, 3.05) is 6.54 Å². The molecular formula is C16H25N3. The van der Waals surface area contributed by atoms with Crippen molar-refractivity contribution in [1.82, 2.24) is 14.9 Å². The minimum Gasteiger partial charge on any atom is -0.328 e. The molecule has 3 aliphatic rings. The summed E-state index contributed by atoms with van der Waals surface area (Å²) in [6.07, 6.45) is 9.42. The van der Waals surface area contributed by atoms with E-state index in [1.54, 1.807) is 5.69 Å². The molecule has 1 aromatic heterocycles. The van der Waals surface area contributed by atoms with Crippen molar-refractivity contribution in [2.24, 2.45) is 11.8 Å². The molecule has 2 saturated carbocycles. The maximum Gasteiger partial charge on any atom is 0.109 e. The van der Waals surface area contributed by atoms with Crippen LogP contribution < -0.4 is 5.32 Å². The first-order valence-corrected chi connectivity index (χ1v) is 8.16. The third-order valence-electron chi connectivity index (χ3n) is 5.50. The molecule has 0 spiro atoms. The van der Waals surface area contributed by atoms with Crippen LogP contribution in [0.4, 0.5) is 0 Å². The molecule has 3 atom stereocenters. The van der Waals surface area contributed by atoms with Gasteiger partial charge in [-0.1, -0.05) is 13.3 Å². The molecule has 19 heavy (non-hydrogen) atoms. The van der Waals surface area contributed by atoms with Crippen LogP contribution in [-0.4, -0.2) is 16.1 Å². The molecule has 3 unspecified atom stereocenters. The van der Waals surface area contributed by atoms with Gasteiger partial charge in [0.15, 0.2) is 0 Å². The molecule has 1 N–H and O–H groups in total. The zero-order valence-corrected chi connectivity index (χ0v) is 12.0. The molecule has 0 saturated heterocycles. The van der Waals surface area contributed by atoms with E-state index in [-0.39, 0.29) is 0 Å². The van der Waals surface area contributed by atoms with Crippen LogP contribution in [0.15, 0.2) is 0 Å². The fourth-order valence-corrected chi connectivity index (χ4v) is 4.71. The van der Waals surface area contributed by atoms with E-state index in [1.807, 2.05) is 0 Å². The van der Waals surface area contributed by atoms with Crippen molar-refractivity contribution in [2.45, 2.75) is 64.5 Å². The molecular weight excluding hydrogens is 234 g/mol. The Morgan fingerprint density at radius 1 is 1.32 bits per heavy atom. The summed E-state index contributed by atoms with van der Waals surface area (Å²) in [5.74, 6) is 3.35. The van der Waals surface area contributed by atoms with Gasteiger partial charge >= 0.3 is 0 Å². The predicted molar refractivity (Wildman–Crippen MR) is 76.1 cm³/mol. The number of hydrogen-bond donors (Lipinski definition) is 1. The lowest BCUT2D eigenvalue weighted by Gasteiger charge is -2.28. The van der Waals surface area contributed by atoms with Crippen LogP contribution >= 0.6 is 0 Å². The number of aryl methyl sites for hydroxylation is 1. The van der Waals surface area contributed by atoms with Gasteiger partial charge in [0.05, 0.1) is 5.69 Å². The van der Waals surface area contributed by atoms with Crippen LogP contribution in [0.2, 0.25) is 0 Å². The van der Waals surface area contributed by atoms with E-state index < -0.39 is 0 Å². The van der Waals surface area contributed by atoms with Crippen LogP contribution in [0.25, 0.3) is 0 Å². The number of fused-ring (bicyclic) bond motifs is 3. The van der Waals surface area contributed by atoms with Gasteiger partial charge in [0.2, 0.25) is 0 Å². The fourth-order valence-electron chi connectivity index (χ4n) is 4.71. The van der Waals surface area contributed by atoms with Crippen molar-refractivity contribution in [1.29, 1.82) is 0 Å². The highest BCUT2D eigenvalue weighted by Crippen LogP contribution is 2.51. The second-order valence-electron chi connectivity index (χ2n) is 6.71. The molecule has 3 nitrogen and oxygen atoms in total. The van der Waals surface area contributed by atoms with Gasteiger partial charge in [0.1, 0.15) is 5.82 Å². The summed E-state index contributed by atoms with van der Waals surface area (Å²) in [4.78, 5) is 4.97. The Morgan fingerprint density at radius 2 is 2.26 bits per heavy atom. The lowest BCUT2D eigenvalue weighted by atomic mass is 9.94. The molecule has 4 rings (SSSR count). The number of nitrogens with one attached hydrogen (secondary N) is 1. The van der Waals surface area contributed by atoms with Crippen LogP contribution in [0.3, 0.4) is 0 Å². The summed E-state index contributed by atoms with van der Waals surface area (Å²) in [5, 5.41) is 3.47. The van der Waals surface area contributed by atoms with E-state index in [4.69, 9.17) is 4.98 Å². The van der Waals surface area contributed by atoms with Crippen LogP contribution in [0.5, 0.6) is 0 Å². The first kappa shape index (κ1) is 12.0. The number of aromatic nitrogens is 2. The van der Waals surface area contributed by atoms with Crippen molar-refractivity contribution < 1.29 is 0 Å². The molecule has 3 heteroatoms. The van der Waals surface area contributed by atoms with Crippen LogP contribution in [0, 0.1) is 11.8 Å². The largest absolute Gasteiger partial charge is 0.328 e. The van der Waals surface area contributed by atoms with E-state index in [1.165, 1.54) is 50.0 Å². The van der Waals surface area contributed by atoms with Crippen molar-refractivity contribution in [3.63, 3.8) is 0 Å². The first-order chi connectivity index (χ1) is 9.36. The van der Waals surface area contributed by atoms with Gasteiger partial charge in [-0.25, -0.2) is 4.98 Å². The lowest BCUT2D eigenvalue weighted by molar-refractivity contribution is 0.314. The average molecular weight is 259 g/mol. The Balaban J connectivity index is 1.74. The fraction of sp³-hybridized carbons (Fsp3) is 0.812. The highest BCUT2D eigenvalue weighted by Gasteiger charge is 2.42. The molecule has 0 aromatic carbocycles. The second kappa shape index (κ2) is 4.62. The van der Waals surface area contributed by atoms with Gasteiger partial charge < -0.3 is 9.88 Å². The lowest BCUT2D eigenvalue weighted by Crippen LogP contribution is -2.27. The number of nitrogens with zero attached hydrogens (tertiary/aromatic N) is 2. The van der Waals surface area contributed by atoms with E-state index >= 15 is 0 Å². The van der Waals surface area contributed by atoms with Crippen LogP contribution in [0.1, 0.15) is 62.3 Å². The average Bonchev–Trinajstić information content (AvgIpc) is 3.11. The minimum absolute atomic E-state index is 0.787. The summed E-state index contributed by atoms with van der Waals surface area (Å²) in [7, 11) is 0. The quantitative estimate of drug-likeness (QED) is 0.904. The monoisotopic (exact) mass is 259 g/mol.